The Hall–Kier alpha value is -1.40. The summed E-state index contributed by atoms with van der Waals surface area (Å²) in [4.78, 5) is 23.9. The summed E-state index contributed by atoms with van der Waals surface area (Å²) in [5, 5.41) is 2.80. The van der Waals surface area contributed by atoms with Crippen molar-refractivity contribution in [2.24, 2.45) is 0 Å². The van der Waals surface area contributed by atoms with Crippen LogP contribution in [-0.2, 0) is 0 Å². The van der Waals surface area contributed by atoms with Crippen LogP contribution in [0.2, 0.25) is 5.02 Å². The molecule has 96 valence electrons. The van der Waals surface area contributed by atoms with Gasteiger partial charge in [-0.25, -0.2) is 0 Å². The molecule has 3 nitrogen and oxygen atoms in total. The van der Waals surface area contributed by atoms with Gasteiger partial charge in [0.15, 0.2) is 0 Å². The number of benzene rings is 2. The first-order valence-electron chi connectivity index (χ1n) is 5.43. The zero-order chi connectivity index (χ0) is 13.8. The number of rotatable bonds is 2. The highest BCUT2D eigenvalue weighted by molar-refractivity contribution is 14.1. The minimum Gasteiger partial charge on any atom is -0.288 e. The fourth-order valence-corrected chi connectivity index (χ4v) is 2.26. The Morgan fingerprint density at radius 3 is 2.37 bits per heavy atom. The zero-order valence-corrected chi connectivity index (χ0v) is 12.6. The summed E-state index contributed by atoms with van der Waals surface area (Å²) in [5.41, 5.74) is 0.824. The van der Waals surface area contributed by atoms with Crippen LogP contribution >= 0.6 is 34.2 Å². The standard InChI is InChI=1S/C14H9ClINO2/c15-10-6-7-12(16)11(8-10)14(19)17-13(18)9-4-2-1-3-5-9/h1-8H,(H,17,18,19). The molecule has 19 heavy (non-hydrogen) atoms. The summed E-state index contributed by atoms with van der Waals surface area (Å²) in [5.74, 6) is -0.887. The number of imide groups is 1. The Morgan fingerprint density at radius 2 is 1.68 bits per heavy atom. The lowest BCUT2D eigenvalue weighted by Crippen LogP contribution is -2.30. The second kappa shape index (κ2) is 6.16. The molecule has 0 heterocycles. The molecule has 0 saturated heterocycles. The van der Waals surface area contributed by atoms with Gasteiger partial charge in [-0.05, 0) is 52.9 Å². The molecule has 0 atom stereocenters. The second-order valence-corrected chi connectivity index (χ2v) is 5.37. The summed E-state index contributed by atoms with van der Waals surface area (Å²) in [6, 6.07) is 13.5. The van der Waals surface area contributed by atoms with Crippen LogP contribution < -0.4 is 5.32 Å². The van der Waals surface area contributed by atoms with E-state index in [1.807, 2.05) is 22.6 Å². The topological polar surface area (TPSA) is 46.2 Å². The van der Waals surface area contributed by atoms with Crippen LogP contribution in [0, 0.1) is 3.57 Å². The maximum absolute atomic E-state index is 12.0. The molecule has 2 aromatic carbocycles. The summed E-state index contributed by atoms with van der Waals surface area (Å²) >= 11 is 7.87. The maximum Gasteiger partial charge on any atom is 0.259 e. The van der Waals surface area contributed by atoms with E-state index in [1.165, 1.54) is 6.07 Å². The van der Waals surface area contributed by atoms with Crippen LogP contribution in [0.1, 0.15) is 20.7 Å². The van der Waals surface area contributed by atoms with Gasteiger partial charge >= 0.3 is 0 Å². The Balaban J connectivity index is 2.18. The monoisotopic (exact) mass is 385 g/mol. The predicted molar refractivity (Wildman–Crippen MR) is 82.4 cm³/mol. The predicted octanol–water partition coefficient (Wildman–Crippen LogP) is 3.51. The molecule has 5 heteroatoms. The van der Waals surface area contributed by atoms with Gasteiger partial charge in [0.25, 0.3) is 11.8 Å². The fraction of sp³-hybridized carbons (Fsp3) is 0. The van der Waals surface area contributed by atoms with Crippen LogP contribution in [0.4, 0.5) is 0 Å². The van der Waals surface area contributed by atoms with Crippen molar-refractivity contribution < 1.29 is 9.59 Å². The Bertz CT molecular complexity index is 629. The molecule has 2 aromatic rings. The van der Waals surface area contributed by atoms with Gasteiger partial charge in [0.1, 0.15) is 0 Å². The summed E-state index contributed by atoms with van der Waals surface area (Å²) in [6.45, 7) is 0. The van der Waals surface area contributed by atoms with Crippen LogP contribution in [-0.4, -0.2) is 11.8 Å². The molecule has 0 fully saturated rings. The van der Waals surface area contributed by atoms with Gasteiger partial charge in [-0.15, -0.1) is 0 Å². The lowest BCUT2D eigenvalue weighted by atomic mass is 10.2. The highest BCUT2D eigenvalue weighted by Crippen LogP contribution is 2.17. The van der Waals surface area contributed by atoms with Crippen molar-refractivity contribution >= 4 is 46.0 Å². The van der Waals surface area contributed by atoms with Crippen molar-refractivity contribution in [3.63, 3.8) is 0 Å². The van der Waals surface area contributed by atoms with Crippen LogP contribution in [0.5, 0.6) is 0 Å². The van der Waals surface area contributed by atoms with Crippen LogP contribution in [0.3, 0.4) is 0 Å². The van der Waals surface area contributed by atoms with Crippen molar-refractivity contribution in [3.8, 4) is 0 Å². The molecule has 0 unspecified atom stereocenters. The summed E-state index contributed by atoms with van der Waals surface area (Å²) < 4.78 is 0.736. The largest absolute Gasteiger partial charge is 0.288 e. The Labute approximate surface area is 129 Å². The van der Waals surface area contributed by atoms with Crippen molar-refractivity contribution in [1.29, 1.82) is 0 Å². The number of carbonyl (C=O) groups excluding carboxylic acids is 2. The lowest BCUT2D eigenvalue weighted by molar-refractivity contribution is 0.0849. The third kappa shape index (κ3) is 3.54. The molecule has 0 aliphatic rings. The third-order valence-corrected chi connectivity index (χ3v) is 3.61. The molecule has 2 amide bonds. The lowest BCUT2D eigenvalue weighted by Gasteiger charge is -2.06. The van der Waals surface area contributed by atoms with E-state index in [4.69, 9.17) is 11.6 Å². The van der Waals surface area contributed by atoms with E-state index >= 15 is 0 Å². The highest BCUT2D eigenvalue weighted by Gasteiger charge is 2.14. The van der Waals surface area contributed by atoms with Crippen molar-refractivity contribution in [2.45, 2.75) is 0 Å². The molecule has 2 rings (SSSR count). The van der Waals surface area contributed by atoms with Crippen LogP contribution in [0.15, 0.2) is 48.5 Å². The SMILES string of the molecule is O=C(NC(=O)c1cc(Cl)ccc1I)c1ccccc1. The first kappa shape index (κ1) is 14.0. The third-order valence-electron chi connectivity index (χ3n) is 2.44. The van der Waals surface area contributed by atoms with E-state index in [0.29, 0.717) is 16.1 Å². The number of halogens is 2. The molecule has 1 N–H and O–H groups in total. The number of nitrogens with one attached hydrogen (secondary N) is 1. The molecule has 0 saturated carbocycles. The van der Waals surface area contributed by atoms with E-state index in [9.17, 15) is 9.59 Å². The normalized spacial score (nSPS) is 10.0. The van der Waals surface area contributed by atoms with Gasteiger partial charge in [0, 0.05) is 14.2 Å². The molecule has 0 spiro atoms. The first-order valence-corrected chi connectivity index (χ1v) is 6.89. The number of carbonyl (C=O) groups is 2. The highest BCUT2D eigenvalue weighted by atomic mass is 127. The second-order valence-electron chi connectivity index (χ2n) is 3.77. The van der Waals surface area contributed by atoms with Gasteiger partial charge in [0.05, 0.1) is 5.56 Å². The minimum absolute atomic E-state index is 0.386. The van der Waals surface area contributed by atoms with Gasteiger partial charge in [0.2, 0.25) is 0 Å². The van der Waals surface area contributed by atoms with Crippen LogP contribution in [0.25, 0.3) is 0 Å². The Kier molecular flexibility index (Phi) is 4.55. The van der Waals surface area contributed by atoms with E-state index in [2.05, 4.69) is 5.32 Å². The summed E-state index contributed by atoms with van der Waals surface area (Å²) in [7, 11) is 0. The van der Waals surface area contributed by atoms with Gasteiger partial charge in [-0.2, -0.15) is 0 Å². The fourth-order valence-electron chi connectivity index (χ4n) is 1.50. The van der Waals surface area contributed by atoms with Gasteiger partial charge < -0.3 is 0 Å². The zero-order valence-electron chi connectivity index (χ0n) is 9.69. The molecular weight excluding hydrogens is 377 g/mol. The van der Waals surface area contributed by atoms with Gasteiger partial charge in [-0.1, -0.05) is 29.8 Å². The first-order chi connectivity index (χ1) is 9.08. The number of hydrogen-bond donors (Lipinski definition) is 1. The molecule has 0 aliphatic heterocycles. The van der Waals surface area contributed by atoms with Gasteiger partial charge in [-0.3, -0.25) is 14.9 Å². The number of amides is 2. The molecular formula is C14H9ClINO2. The van der Waals surface area contributed by atoms with Crippen molar-refractivity contribution in [3.05, 3.63) is 68.3 Å². The average Bonchev–Trinajstić information content (AvgIpc) is 2.42. The maximum atomic E-state index is 12.0. The van der Waals surface area contributed by atoms with Crippen molar-refractivity contribution in [1.82, 2.24) is 5.32 Å². The van der Waals surface area contributed by atoms with E-state index in [0.717, 1.165) is 3.57 Å². The van der Waals surface area contributed by atoms with Crippen molar-refractivity contribution in [2.75, 3.05) is 0 Å². The quantitative estimate of drug-likeness (QED) is 0.635. The Morgan fingerprint density at radius 1 is 1.00 bits per heavy atom. The van der Waals surface area contributed by atoms with E-state index in [-0.39, 0.29) is 0 Å². The molecule has 0 aliphatic carbocycles. The molecule has 0 aromatic heterocycles. The van der Waals surface area contributed by atoms with E-state index in [1.54, 1.807) is 42.5 Å². The number of hydrogen-bond acceptors (Lipinski definition) is 2. The average molecular weight is 386 g/mol. The van der Waals surface area contributed by atoms with E-state index < -0.39 is 11.8 Å². The molecule has 0 bridgehead atoms. The minimum atomic E-state index is -0.458. The smallest absolute Gasteiger partial charge is 0.259 e. The molecule has 0 radical (unpaired) electrons. The summed E-state index contributed by atoms with van der Waals surface area (Å²) in [6.07, 6.45) is 0.